The zero-order valence-electron chi connectivity index (χ0n) is 16.0. The molecule has 7 heteroatoms. The minimum Gasteiger partial charge on any atom is -0.347 e. The van der Waals surface area contributed by atoms with Crippen LogP contribution < -0.4 is 10.6 Å². The van der Waals surface area contributed by atoms with E-state index in [2.05, 4.69) is 10.6 Å². The van der Waals surface area contributed by atoms with Crippen molar-refractivity contribution in [3.05, 3.63) is 77.2 Å². The second-order valence-corrected chi connectivity index (χ2v) is 8.42. The Balaban J connectivity index is 1.40. The largest absolute Gasteiger partial charge is 0.347 e. The maximum Gasteiger partial charge on any atom is 0.256 e. The van der Waals surface area contributed by atoms with Crippen molar-refractivity contribution in [2.45, 2.75) is 18.5 Å². The molecule has 0 bridgehead atoms. The molecule has 2 N–H and O–H groups in total. The van der Waals surface area contributed by atoms with Crippen LogP contribution in [0.5, 0.6) is 0 Å². The second kappa shape index (κ2) is 7.42. The van der Waals surface area contributed by atoms with Crippen molar-refractivity contribution in [1.82, 2.24) is 10.2 Å². The van der Waals surface area contributed by atoms with E-state index >= 15 is 0 Å². The predicted octanol–water partition coefficient (Wildman–Crippen LogP) is 3.38. The van der Waals surface area contributed by atoms with Crippen LogP contribution in [0, 0.1) is 0 Å². The van der Waals surface area contributed by atoms with E-state index in [9.17, 15) is 14.4 Å². The SMILES string of the molecule is O=C(NC1CC2C(=O)Nc3ccc(-c4cccs4)cc3C(=O)N2C1)c1ccccc1. The van der Waals surface area contributed by atoms with E-state index in [0.29, 0.717) is 29.8 Å². The fourth-order valence-corrected chi connectivity index (χ4v) is 4.79. The molecular formula is C23H19N3O3S. The molecule has 5 rings (SSSR count). The average Bonchev–Trinajstić information content (AvgIpc) is 3.43. The highest BCUT2D eigenvalue weighted by molar-refractivity contribution is 7.13. The Morgan fingerprint density at radius 1 is 1.07 bits per heavy atom. The third kappa shape index (κ3) is 3.27. The Bertz CT molecular complexity index is 1130. The molecule has 2 aliphatic heterocycles. The molecule has 2 aromatic carbocycles. The van der Waals surface area contributed by atoms with Crippen LogP contribution in [0.2, 0.25) is 0 Å². The van der Waals surface area contributed by atoms with Gasteiger partial charge in [0.15, 0.2) is 0 Å². The third-order valence-corrected chi connectivity index (χ3v) is 6.47. The maximum absolute atomic E-state index is 13.3. The van der Waals surface area contributed by atoms with E-state index in [1.54, 1.807) is 46.6 Å². The van der Waals surface area contributed by atoms with Gasteiger partial charge in [-0.25, -0.2) is 0 Å². The van der Waals surface area contributed by atoms with Crippen LogP contribution in [-0.4, -0.2) is 41.2 Å². The molecule has 1 saturated heterocycles. The number of hydrogen-bond acceptors (Lipinski definition) is 4. The molecule has 0 saturated carbocycles. The molecular weight excluding hydrogens is 398 g/mol. The van der Waals surface area contributed by atoms with Crippen LogP contribution in [0.4, 0.5) is 5.69 Å². The van der Waals surface area contributed by atoms with Crippen molar-refractivity contribution in [3.8, 4) is 10.4 Å². The van der Waals surface area contributed by atoms with Crippen LogP contribution >= 0.6 is 11.3 Å². The Labute approximate surface area is 177 Å². The molecule has 0 spiro atoms. The molecule has 0 radical (unpaired) electrons. The number of anilines is 1. The number of nitrogens with one attached hydrogen (secondary N) is 2. The summed E-state index contributed by atoms with van der Waals surface area (Å²) in [7, 11) is 0. The zero-order valence-corrected chi connectivity index (χ0v) is 16.8. The van der Waals surface area contributed by atoms with Crippen molar-refractivity contribution in [3.63, 3.8) is 0 Å². The maximum atomic E-state index is 13.3. The molecule has 2 unspecified atom stereocenters. The molecule has 2 atom stereocenters. The lowest BCUT2D eigenvalue weighted by molar-refractivity contribution is -0.119. The Morgan fingerprint density at radius 3 is 2.67 bits per heavy atom. The lowest BCUT2D eigenvalue weighted by atomic mass is 10.1. The molecule has 2 aliphatic rings. The quantitative estimate of drug-likeness (QED) is 0.686. The van der Waals surface area contributed by atoms with E-state index in [1.807, 2.05) is 35.7 Å². The van der Waals surface area contributed by atoms with Gasteiger partial charge in [-0.1, -0.05) is 30.3 Å². The number of fused-ring (bicyclic) bond motifs is 2. The van der Waals surface area contributed by atoms with Crippen molar-refractivity contribution >= 4 is 34.7 Å². The van der Waals surface area contributed by atoms with E-state index in [-0.39, 0.29) is 23.8 Å². The summed E-state index contributed by atoms with van der Waals surface area (Å²) in [6, 6.07) is 17.6. The van der Waals surface area contributed by atoms with Crippen LogP contribution in [-0.2, 0) is 4.79 Å². The number of rotatable bonds is 3. The summed E-state index contributed by atoms with van der Waals surface area (Å²) in [5.74, 6) is -0.614. The summed E-state index contributed by atoms with van der Waals surface area (Å²) in [6.45, 7) is 0.304. The highest BCUT2D eigenvalue weighted by Gasteiger charge is 2.43. The normalized spacial score (nSPS) is 20.2. The van der Waals surface area contributed by atoms with Gasteiger partial charge < -0.3 is 15.5 Å². The summed E-state index contributed by atoms with van der Waals surface area (Å²) in [4.78, 5) is 41.3. The van der Waals surface area contributed by atoms with Gasteiger partial charge in [0.05, 0.1) is 11.3 Å². The zero-order chi connectivity index (χ0) is 20.7. The molecule has 3 amide bonds. The van der Waals surface area contributed by atoms with Gasteiger partial charge in [-0.3, -0.25) is 14.4 Å². The molecule has 3 aromatic rings. The number of benzene rings is 2. The van der Waals surface area contributed by atoms with Crippen LogP contribution in [0.15, 0.2) is 66.0 Å². The van der Waals surface area contributed by atoms with Crippen molar-refractivity contribution in [2.24, 2.45) is 0 Å². The first-order valence-corrected chi connectivity index (χ1v) is 10.6. The average molecular weight is 417 g/mol. The number of carbonyl (C=O) groups is 3. The fourth-order valence-electron chi connectivity index (χ4n) is 4.07. The minimum atomic E-state index is -0.601. The Hall–Kier alpha value is -3.45. The summed E-state index contributed by atoms with van der Waals surface area (Å²) >= 11 is 1.60. The van der Waals surface area contributed by atoms with Crippen molar-refractivity contribution in [2.75, 3.05) is 11.9 Å². The van der Waals surface area contributed by atoms with Gasteiger partial charge in [-0.05, 0) is 47.7 Å². The van der Waals surface area contributed by atoms with Gasteiger partial charge in [0.25, 0.3) is 11.8 Å². The first-order chi connectivity index (χ1) is 14.6. The molecule has 1 fully saturated rings. The van der Waals surface area contributed by atoms with Crippen molar-refractivity contribution < 1.29 is 14.4 Å². The lowest BCUT2D eigenvalue weighted by Gasteiger charge is -2.20. The number of nitrogens with zero attached hydrogens (tertiary/aromatic N) is 1. The number of hydrogen-bond donors (Lipinski definition) is 2. The molecule has 6 nitrogen and oxygen atoms in total. The van der Waals surface area contributed by atoms with E-state index in [1.165, 1.54) is 0 Å². The summed E-state index contributed by atoms with van der Waals surface area (Å²) < 4.78 is 0. The van der Waals surface area contributed by atoms with Crippen molar-refractivity contribution in [1.29, 1.82) is 0 Å². The number of carbonyl (C=O) groups excluding carboxylic acids is 3. The van der Waals surface area contributed by atoms with Gasteiger partial charge in [0.2, 0.25) is 5.91 Å². The predicted molar refractivity (Wildman–Crippen MR) is 116 cm³/mol. The van der Waals surface area contributed by atoms with Gasteiger partial charge in [-0.2, -0.15) is 0 Å². The minimum absolute atomic E-state index is 0.191. The topological polar surface area (TPSA) is 78.5 Å². The number of thiophene rings is 1. The molecule has 0 aliphatic carbocycles. The highest BCUT2D eigenvalue weighted by atomic mass is 32.1. The Morgan fingerprint density at radius 2 is 1.90 bits per heavy atom. The fraction of sp³-hybridized carbons (Fsp3) is 0.174. The lowest BCUT2D eigenvalue weighted by Crippen LogP contribution is -2.41. The van der Waals surface area contributed by atoms with Crippen LogP contribution in [0.25, 0.3) is 10.4 Å². The van der Waals surface area contributed by atoms with E-state index in [0.717, 1.165) is 10.4 Å². The summed E-state index contributed by atoms with van der Waals surface area (Å²) in [5.41, 5.74) is 2.51. The Kier molecular flexibility index (Phi) is 4.59. The van der Waals surface area contributed by atoms with Gasteiger partial charge in [-0.15, -0.1) is 11.3 Å². The number of amides is 3. The van der Waals surface area contributed by atoms with Gasteiger partial charge in [0, 0.05) is 23.0 Å². The smallest absolute Gasteiger partial charge is 0.256 e. The summed E-state index contributed by atoms with van der Waals surface area (Å²) in [5, 5.41) is 7.84. The van der Waals surface area contributed by atoms with Gasteiger partial charge in [0.1, 0.15) is 6.04 Å². The molecule has 1 aromatic heterocycles. The van der Waals surface area contributed by atoms with Crippen LogP contribution in [0.1, 0.15) is 27.1 Å². The highest BCUT2D eigenvalue weighted by Crippen LogP contribution is 2.33. The second-order valence-electron chi connectivity index (χ2n) is 7.47. The molecule has 30 heavy (non-hydrogen) atoms. The summed E-state index contributed by atoms with van der Waals surface area (Å²) in [6.07, 6.45) is 0.391. The van der Waals surface area contributed by atoms with Crippen LogP contribution in [0.3, 0.4) is 0 Å². The third-order valence-electron chi connectivity index (χ3n) is 5.55. The monoisotopic (exact) mass is 417 g/mol. The molecule has 150 valence electrons. The van der Waals surface area contributed by atoms with Gasteiger partial charge >= 0.3 is 0 Å². The standard InChI is InChI=1S/C23H19N3O3S/c27-21(14-5-2-1-3-6-14)24-16-12-19-22(28)25-18-9-8-15(20-7-4-10-30-20)11-17(18)23(29)26(19)13-16/h1-11,16,19H,12-13H2,(H,24,27)(H,25,28). The van der Waals surface area contributed by atoms with E-state index in [4.69, 9.17) is 0 Å². The first-order valence-electron chi connectivity index (χ1n) is 9.76. The first kappa shape index (κ1) is 18.6. The molecule has 3 heterocycles. The van der Waals surface area contributed by atoms with E-state index < -0.39 is 6.04 Å².